The number of unbranched alkanes of at least 4 members (excludes halogenated alkanes) is 2. The van der Waals surface area contributed by atoms with Crippen LogP contribution in [0.5, 0.6) is 0 Å². The topological polar surface area (TPSA) is 12.5 Å². The fourth-order valence-corrected chi connectivity index (χ4v) is 6.55. The maximum absolute atomic E-state index is 2.45. The van der Waals surface area contributed by atoms with Crippen LogP contribution in [0.2, 0.25) is 0 Å². The lowest BCUT2D eigenvalue weighted by Crippen LogP contribution is -2.31. The lowest BCUT2D eigenvalue weighted by atomic mass is 10.0. The van der Waals surface area contributed by atoms with Crippen molar-refractivity contribution in [1.82, 2.24) is 0 Å². The van der Waals surface area contributed by atoms with Crippen molar-refractivity contribution >= 4 is 57.0 Å². The highest BCUT2D eigenvalue weighted by Gasteiger charge is 2.27. The van der Waals surface area contributed by atoms with E-state index in [0.29, 0.717) is 0 Å². The Kier molecular flexibility index (Phi) is 7.21. The van der Waals surface area contributed by atoms with Crippen LogP contribution < -0.4 is 9.80 Å². The number of anilines is 2. The first kappa shape index (κ1) is 26.5. The SMILES string of the molecule is CCCCN1C=[N+](Cc2ccc(C[N+]3=CN(CCCC)c4cccc5cccc3c45)cc2)c2cccc3cccc1c23. The third-order valence-corrected chi connectivity index (χ3v) is 8.75. The minimum Gasteiger partial charge on any atom is -0.233 e. The van der Waals surface area contributed by atoms with Gasteiger partial charge in [-0.15, -0.1) is 0 Å². The molecule has 4 heteroatoms. The smallest absolute Gasteiger partial charge is 0.233 e. The van der Waals surface area contributed by atoms with Crippen molar-refractivity contribution in [3.05, 3.63) is 108 Å². The highest BCUT2D eigenvalue weighted by Crippen LogP contribution is 2.39. The Morgan fingerprint density at radius 2 is 0.905 bits per heavy atom. The van der Waals surface area contributed by atoms with Crippen molar-refractivity contribution in [2.24, 2.45) is 0 Å². The van der Waals surface area contributed by atoms with Gasteiger partial charge >= 0.3 is 0 Å². The molecule has 0 atom stereocenters. The number of rotatable bonds is 10. The molecule has 0 saturated carbocycles. The van der Waals surface area contributed by atoms with Gasteiger partial charge in [0.05, 0.1) is 23.9 Å². The summed E-state index contributed by atoms with van der Waals surface area (Å²) in [6.45, 7) is 8.31. The second-order valence-corrected chi connectivity index (χ2v) is 11.7. The van der Waals surface area contributed by atoms with Gasteiger partial charge in [0.1, 0.15) is 35.8 Å². The van der Waals surface area contributed by atoms with Crippen molar-refractivity contribution in [3.63, 3.8) is 0 Å². The summed E-state index contributed by atoms with van der Waals surface area (Å²) in [7, 11) is 0. The largest absolute Gasteiger partial charge is 0.244 e. The maximum atomic E-state index is 2.45. The van der Waals surface area contributed by atoms with E-state index < -0.39 is 0 Å². The van der Waals surface area contributed by atoms with Crippen LogP contribution in [0.15, 0.2) is 97.1 Å². The van der Waals surface area contributed by atoms with E-state index in [0.717, 1.165) is 26.2 Å². The van der Waals surface area contributed by atoms with Crippen LogP contribution in [-0.2, 0) is 13.1 Å². The van der Waals surface area contributed by atoms with Gasteiger partial charge in [0, 0.05) is 0 Å². The van der Waals surface area contributed by atoms with Gasteiger partial charge in [-0.25, -0.2) is 19.0 Å². The molecule has 2 heterocycles. The van der Waals surface area contributed by atoms with Crippen LogP contribution in [0.25, 0.3) is 21.5 Å². The lowest BCUT2D eigenvalue weighted by molar-refractivity contribution is -0.453. The summed E-state index contributed by atoms with van der Waals surface area (Å²) in [5.74, 6) is 0. The van der Waals surface area contributed by atoms with E-state index in [1.54, 1.807) is 0 Å². The Hall–Kier alpha value is -4.44. The summed E-state index contributed by atoms with van der Waals surface area (Å²) in [6, 6.07) is 36.0. The molecule has 2 aliphatic rings. The van der Waals surface area contributed by atoms with Gasteiger partial charge in [0.25, 0.3) is 0 Å². The first-order valence-electron chi connectivity index (χ1n) is 15.6. The van der Waals surface area contributed by atoms with Gasteiger partial charge in [-0.05, 0) is 59.0 Å². The summed E-state index contributed by atoms with van der Waals surface area (Å²) in [6.07, 6.45) is 9.39. The molecule has 0 fully saturated rings. The predicted octanol–water partition coefficient (Wildman–Crippen LogP) is 8.98. The zero-order valence-corrected chi connectivity index (χ0v) is 24.8. The first-order valence-corrected chi connectivity index (χ1v) is 15.6. The molecule has 2 aliphatic heterocycles. The van der Waals surface area contributed by atoms with Crippen molar-refractivity contribution in [2.45, 2.75) is 52.6 Å². The molecule has 0 aliphatic carbocycles. The maximum Gasteiger partial charge on any atom is 0.244 e. The van der Waals surface area contributed by atoms with Gasteiger partial charge in [-0.1, -0.05) is 99.5 Å². The van der Waals surface area contributed by atoms with Crippen LogP contribution in [-0.4, -0.2) is 34.9 Å². The van der Waals surface area contributed by atoms with E-state index in [2.05, 4.69) is 143 Å². The molecule has 5 aromatic rings. The second-order valence-electron chi connectivity index (χ2n) is 11.7. The number of hydrogen-bond donors (Lipinski definition) is 0. The van der Waals surface area contributed by atoms with E-state index in [4.69, 9.17) is 0 Å². The van der Waals surface area contributed by atoms with E-state index in [9.17, 15) is 0 Å². The molecule has 0 amide bonds. The molecule has 42 heavy (non-hydrogen) atoms. The zero-order chi connectivity index (χ0) is 28.5. The molecular weight excluding hydrogens is 512 g/mol. The lowest BCUT2D eigenvalue weighted by Gasteiger charge is -2.24. The molecular formula is C38H40N4+2. The van der Waals surface area contributed by atoms with Crippen LogP contribution in [0, 0.1) is 0 Å². The Balaban J connectivity index is 1.16. The van der Waals surface area contributed by atoms with Gasteiger partial charge in [0.2, 0.25) is 12.7 Å². The molecule has 5 aromatic carbocycles. The zero-order valence-electron chi connectivity index (χ0n) is 24.8. The quantitative estimate of drug-likeness (QED) is 0.160. The van der Waals surface area contributed by atoms with Crippen LogP contribution in [0.1, 0.15) is 50.7 Å². The van der Waals surface area contributed by atoms with Crippen molar-refractivity contribution in [1.29, 1.82) is 0 Å². The molecule has 0 saturated heterocycles. The molecule has 4 nitrogen and oxygen atoms in total. The average molecular weight is 553 g/mol. The fourth-order valence-electron chi connectivity index (χ4n) is 6.55. The van der Waals surface area contributed by atoms with E-state index >= 15 is 0 Å². The fraction of sp³-hybridized carbons (Fsp3) is 0.263. The van der Waals surface area contributed by atoms with Crippen molar-refractivity contribution < 1.29 is 9.15 Å². The Morgan fingerprint density at radius 3 is 1.31 bits per heavy atom. The second kappa shape index (κ2) is 11.4. The monoisotopic (exact) mass is 552 g/mol. The van der Waals surface area contributed by atoms with Crippen LogP contribution in [0.3, 0.4) is 0 Å². The first-order chi connectivity index (χ1) is 20.7. The van der Waals surface area contributed by atoms with E-state index in [1.165, 1.54) is 81.1 Å². The third-order valence-electron chi connectivity index (χ3n) is 8.75. The number of nitrogens with zero attached hydrogens (tertiary/aromatic N) is 4. The molecule has 0 spiro atoms. The van der Waals surface area contributed by atoms with Crippen molar-refractivity contribution in [3.8, 4) is 0 Å². The molecule has 0 unspecified atom stereocenters. The average Bonchev–Trinajstić information content (AvgIpc) is 3.03. The Labute approximate surface area is 249 Å². The Morgan fingerprint density at radius 1 is 0.500 bits per heavy atom. The highest BCUT2D eigenvalue weighted by atomic mass is 15.2. The van der Waals surface area contributed by atoms with Crippen LogP contribution >= 0.6 is 0 Å². The summed E-state index contributed by atoms with van der Waals surface area (Å²) >= 11 is 0. The number of benzene rings is 5. The van der Waals surface area contributed by atoms with Crippen molar-refractivity contribution in [2.75, 3.05) is 22.9 Å². The molecule has 0 bridgehead atoms. The standard InChI is InChI=1S/C38H40N4/c1-3-5-23-39-27-41(35-17-9-13-31-11-7-15-33(39)37(31)35)25-29-19-21-30(22-20-29)26-42-28-40(24-6-4-2)34-16-8-12-32-14-10-18-36(42)38(32)34/h7-22,27-28H,3-6,23-26H2,1-2H3/q+2. The van der Waals surface area contributed by atoms with Gasteiger partial charge in [0.15, 0.2) is 0 Å². The number of hydrogen-bond acceptors (Lipinski definition) is 2. The molecule has 7 rings (SSSR count). The minimum absolute atomic E-state index is 0.851. The molecule has 210 valence electrons. The highest BCUT2D eigenvalue weighted by molar-refractivity contribution is 6.07. The normalized spacial score (nSPS) is 14.0. The van der Waals surface area contributed by atoms with Gasteiger partial charge < -0.3 is 0 Å². The summed E-state index contributed by atoms with van der Waals surface area (Å²) in [5, 5.41) is 5.33. The minimum atomic E-state index is 0.851. The Bertz CT molecular complexity index is 1670. The third kappa shape index (κ3) is 4.85. The van der Waals surface area contributed by atoms with E-state index in [-0.39, 0.29) is 0 Å². The molecule has 0 radical (unpaired) electrons. The predicted molar refractivity (Wildman–Crippen MR) is 178 cm³/mol. The van der Waals surface area contributed by atoms with E-state index in [1.807, 2.05) is 0 Å². The van der Waals surface area contributed by atoms with Gasteiger partial charge in [-0.2, -0.15) is 0 Å². The van der Waals surface area contributed by atoms with Gasteiger partial charge in [-0.3, -0.25) is 0 Å². The molecule has 0 N–H and O–H groups in total. The summed E-state index contributed by atoms with van der Waals surface area (Å²) in [5.41, 5.74) is 7.88. The molecule has 0 aromatic heterocycles. The summed E-state index contributed by atoms with van der Waals surface area (Å²) in [4.78, 5) is 4.89. The van der Waals surface area contributed by atoms with Crippen LogP contribution in [0.4, 0.5) is 22.7 Å². The summed E-state index contributed by atoms with van der Waals surface area (Å²) < 4.78 is 4.86.